The van der Waals surface area contributed by atoms with Crippen LogP contribution >= 0.6 is 0 Å². The monoisotopic (exact) mass is 254 g/mol. The zero-order valence-electron chi connectivity index (χ0n) is 10.3. The molecule has 4 nitrogen and oxygen atoms in total. The second kappa shape index (κ2) is 4.40. The van der Waals surface area contributed by atoms with Crippen LogP contribution in [0.25, 0.3) is 0 Å². The van der Waals surface area contributed by atoms with Gasteiger partial charge < -0.3 is 16.2 Å². The van der Waals surface area contributed by atoms with E-state index in [4.69, 9.17) is 16.2 Å². The first-order valence-corrected chi connectivity index (χ1v) is 6.04. The molecule has 1 aliphatic rings. The summed E-state index contributed by atoms with van der Waals surface area (Å²) in [6.07, 6.45) is 0. The van der Waals surface area contributed by atoms with Gasteiger partial charge in [0, 0.05) is 22.5 Å². The zero-order chi connectivity index (χ0) is 13.4. The van der Waals surface area contributed by atoms with E-state index < -0.39 is 0 Å². The van der Waals surface area contributed by atoms with Gasteiger partial charge in [-0.2, -0.15) is 0 Å². The van der Waals surface area contributed by atoms with E-state index in [0.717, 1.165) is 11.1 Å². The Morgan fingerprint density at radius 2 is 1.58 bits per heavy atom. The van der Waals surface area contributed by atoms with Crippen LogP contribution in [0, 0.1) is 0 Å². The number of benzene rings is 2. The van der Waals surface area contributed by atoms with Crippen molar-refractivity contribution in [2.75, 3.05) is 11.5 Å². The molecule has 0 radical (unpaired) electrons. The van der Waals surface area contributed by atoms with Gasteiger partial charge in [0.05, 0.1) is 13.2 Å². The molecule has 4 heteroatoms. The molecule has 0 saturated heterocycles. The van der Waals surface area contributed by atoms with Crippen LogP contribution in [-0.2, 0) is 18.0 Å². The van der Waals surface area contributed by atoms with Gasteiger partial charge >= 0.3 is 0 Å². The molecule has 2 aromatic carbocycles. The third-order valence-corrected chi connectivity index (χ3v) is 3.22. The fourth-order valence-corrected chi connectivity index (χ4v) is 2.29. The number of ether oxygens (including phenoxy) is 1. The Bertz CT molecular complexity index is 645. The quantitative estimate of drug-likeness (QED) is 0.635. The summed E-state index contributed by atoms with van der Waals surface area (Å²) in [4.78, 5) is 12.4. The first-order valence-electron chi connectivity index (χ1n) is 6.04. The van der Waals surface area contributed by atoms with Gasteiger partial charge in [-0.05, 0) is 35.4 Å². The molecule has 3 rings (SSSR count). The summed E-state index contributed by atoms with van der Waals surface area (Å²) in [6.45, 7) is 1.19. The minimum absolute atomic E-state index is 0.0753. The second-order valence-corrected chi connectivity index (χ2v) is 4.69. The van der Waals surface area contributed by atoms with Crippen molar-refractivity contribution in [1.29, 1.82) is 0 Å². The number of nitrogens with two attached hydrogens (primary N) is 2. The smallest absolute Gasteiger partial charge is 0.193 e. The Balaban J connectivity index is 1.99. The SMILES string of the molecule is Nc1cc(N)cc(C(=O)c2ccc3c(c2)COC3)c1. The molecule has 2 aromatic rings. The Morgan fingerprint density at radius 1 is 0.895 bits per heavy atom. The Morgan fingerprint density at radius 3 is 2.32 bits per heavy atom. The normalized spacial score (nSPS) is 13.3. The van der Waals surface area contributed by atoms with E-state index in [-0.39, 0.29) is 5.78 Å². The van der Waals surface area contributed by atoms with Crippen LogP contribution in [-0.4, -0.2) is 5.78 Å². The molecule has 0 atom stereocenters. The highest BCUT2D eigenvalue weighted by molar-refractivity contribution is 6.10. The maximum Gasteiger partial charge on any atom is 0.193 e. The molecule has 0 bridgehead atoms. The molecule has 1 aliphatic heterocycles. The van der Waals surface area contributed by atoms with Crippen molar-refractivity contribution >= 4 is 17.2 Å². The van der Waals surface area contributed by atoms with Gasteiger partial charge in [0.2, 0.25) is 0 Å². The zero-order valence-corrected chi connectivity index (χ0v) is 10.3. The van der Waals surface area contributed by atoms with Gasteiger partial charge in [-0.3, -0.25) is 4.79 Å². The Kier molecular flexibility index (Phi) is 2.72. The van der Waals surface area contributed by atoms with E-state index in [2.05, 4.69) is 0 Å². The molecule has 96 valence electrons. The molecule has 0 saturated carbocycles. The van der Waals surface area contributed by atoms with Crippen LogP contribution < -0.4 is 11.5 Å². The lowest BCUT2D eigenvalue weighted by molar-refractivity contribution is 0.103. The number of hydrogen-bond donors (Lipinski definition) is 2. The Hall–Kier alpha value is -2.33. The number of nitrogen functional groups attached to an aromatic ring is 2. The highest BCUT2D eigenvalue weighted by Crippen LogP contribution is 2.23. The van der Waals surface area contributed by atoms with Gasteiger partial charge in [-0.1, -0.05) is 12.1 Å². The fourth-order valence-electron chi connectivity index (χ4n) is 2.29. The minimum atomic E-state index is -0.0753. The Labute approximate surface area is 111 Å². The molecule has 19 heavy (non-hydrogen) atoms. The number of carbonyl (C=O) groups excluding carboxylic acids is 1. The van der Waals surface area contributed by atoms with Gasteiger partial charge in [0.1, 0.15) is 0 Å². The number of fused-ring (bicyclic) bond motifs is 1. The van der Waals surface area contributed by atoms with Crippen molar-refractivity contribution in [3.8, 4) is 0 Å². The van der Waals surface area contributed by atoms with Crippen molar-refractivity contribution < 1.29 is 9.53 Å². The predicted molar refractivity (Wildman–Crippen MR) is 73.6 cm³/mol. The molecular formula is C15H14N2O2. The van der Waals surface area contributed by atoms with Gasteiger partial charge in [0.15, 0.2) is 5.78 Å². The van der Waals surface area contributed by atoms with Crippen LogP contribution in [0.2, 0.25) is 0 Å². The van der Waals surface area contributed by atoms with Crippen molar-refractivity contribution in [3.05, 3.63) is 58.7 Å². The largest absolute Gasteiger partial charge is 0.399 e. The molecule has 0 amide bonds. The number of carbonyl (C=O) groups is 1. The lowest BCUT2D eigenvalue weighted by Crippen LogP contribution is -2.04. The topological polar surface area (TPSA) is 78.3 Å². The molecule has 0 aromatic heterocycles. The van der Waals surface area contributed by atoms with Crippen molar-refractivity contribution in [3.63, 3.8) is 0 Å². The standard InChI is InChI=1S/C15H14N2O2/c16-13-4-11(5-14(17)6-13)15(18)9-1-2-10-7-19-8-12(10)3-9/h1-6H,7-8,16-17H2. The first kappa shape index (κ1) is 11.7. The molecule has 1 heterocycles. The van der Waals surface area contributed by atoms with Crippen LogP contribution in [0.3, 0.4) is 0 Å². The number of rotatable bonds is 2. The average Bonchev–Trinajstić information content (AvgIpc) is 2.83. The molecule has 4 N–H and O–H groups in total. The van der Waals surface area contributed by atoms with E-state index >= 15 is 0 Å². The van der Waals surface area contributed by atoms with Crippen LogP contribution in [0.4, 0.5) is 11.4 Å². The number of ketones is 1. The van der Waals surface area contributed by atoms with Crippen LogP contribution in [0.5, 0.6) is 0 Å². The number of anilines is 2. The third kappa shape index (κ3) is 2.18. The highest BCUT2D eigenvalue weighted by Gasteiger charge is 2.16. The summed E-state index contributed by atoms with van der Waals surface area (Å²) < 4.78 is 5.34. The third-order valence-electron chi connectivity index (χ3n) is 3.22. The summed E-state index contributed by atoms with van der Waals surface area (Å²) in [5.74, 6) is -0.0753. The highest BCUT2D eigenvalue weighted by atomic mass is 16.5. The van der Waals surface area contributed by atoms with Crippen LogP contribution in [0.1, 0.15) is 27.0 Å². The molecular weight excluding hydrogens is 240 g/mol. The number of hydrogen-bond acceptors (Lipinski definition) is 4. The van der Waals surface area contributed by atoms with Gasteiger partial charge in [-0.25, -0.2) is 0 Å². The molecule has 0 fully saturated rings. The fraction of sp³-hybridized carbons (Fsp3) is 0.133. The lowest BCUT2D eigenvalue weighted by atomic mass is 9.99. The maximum absolute atomic E-state index is 12.4. The lowest BCUT2D eigenvalue weighted by Gasteiger charge is -2.06. The maximum atomic E-state index is 12.4. The van der Waals surface area contributed by atoms with Gasteiger partial charge in [0.25, 0.3) is 0 Å². The first-order chi connectivity index (χ1) is 9.13. The summed E-state index contributed by atoms with van der Waals surface area (Å²) >= 11 is 0. The molecule has 0 spiro atoms. The van der Waals surface area contributed by atoms with Crippen molar-refractivity contribution in [2.45, 2.75) is 13.2 Å². The summed E-state index contributed by atoms with van der Waals surface area (Å²) in [6, 6.07) is 10.5. The second-order valence-electron chi connectivity index (χ2n) is 4.69. The minimum Gasteiger partial charge on any atom is -0.399 e. The summed E-state index contributed by atoms with van der Waals surface area (Å²) in [5, 5.41) is 0. The van der Waals surface area contributed by atoms with E-state index in [1.165, 1.54) is 0 Å². The molecule has 0 aliphatic carbocycles. The van der Waals surface area contributed by atoms with Crippen LogP contribution in [0.15, 0.2) is 36.4 Å². The van der Waals surface area contributed by atoms with E-state index in [9.17, 15) is 4.79 Å². The molecule has 0 unspecified atom stereocenters. The van der Waals surface area contributed by atoms with E-state index in [1.807, 2.05) is 18.2 Å². The van der Waals surface area contributed by atoms with Crippen molar-refractivity contribution in [2.24, 2.45) is 0 Å². The summed E-state index contributed by atoms with van der Waals surface area (Å²) in [7, 11) is 0. The van der Waals surface area contributed by atoms with E-state index in [1.54, 1.807) is 18.2 Å². The predicted octanol–water partition coefficient (Wildman–Crippen LogP) is 2.11. The summed E-state index contributed by atoms with van der Waals surface area (Å²) in [5.41, 5.74) is 15.8. The van der Waals surface area contributed by atoms with Crippen molar-refractivity contribution in [1.82, 2.24) is 0 Å². The van der Waals surface area contributed by atoms with Gasteiger partial charge in [-0.15, -0.1) is 0 Å². The average molecular weight is 254 g/mol. The van der Waals surface area contributed by atoms with E-state index in [0.29, 0.717) is 35.7 Å².